The number of carbonyl (C=O) groups is 2. The molecule has 0 aliphatic carbocycles. The third-order valence-electron chi connectivity index (χ3n) is 3.33. The number of nitrogens with one attached hydrogen (secondary N) is 1. The first-order valence-corrected chi connectivity index (χ1v) is 7.47. The lowest BCUT2D eigenvalue weighted by Gasteiger charge is -2.13. The highest BCUT2D eigenvalue weighted by atomic mass is 35.5. The predicted octanol–water partition coefficient (Wildman–Crippen LogP) is 3.29. The normalized spacial score (nSPS) is 10.5. The first-order valence-electron chi connectivity index (χ1n) is 7.09. The van der Waals surface area contributed by atoms with Gasteiger partial charge in [0.25, 0.3) is 11.8 Å². The first kappa shape index (κ1) is 16.1. The van der Waals surface area contributed by atoms with Crippen LogP contribution in [0.4, 0.5) is 5.82 Å². The van der Waals surface area contributed by atoms with Gasteiger partial charge < -0.3 is 15.6 Å². The van der Waals surface area contributed by atoms with E-state index in [4.69, 9.17) is 17.3 Å². The lowest BCUT2D eigenvalue weighted by molar-refractivity contribution is 0.0987. The largest absolute Gasteiger partial charge is 0.364 e. The number of nitrogens with zero attached hydrogens (tertiary/aromatic N) is 1. The van der Waals surface area contributed by atoms with E-state index in [1.165, 1.54) is 0 Å². The van der Waals surface area contributed by atoms with E-state index >= 15 is 0 Å². The second-order valence-corrected chi connectivity index (χ2v) is 5.31. The fourth-order valence-electron chi connectivity index (χ4n) is 2.18. The van der Waals surface area contributed by atoms with Gasteiger partial charge >= 0.3 is 0 Å². The van der Waals surface area contributed by atoms with Gasteiger partial charge in [-0.1, -0.05) is 37.1 Å². The molecule has 0 aliphatic rings. The Labute approximate surface area is 134 Å². The summed E-state index contributed by atoms with van der Waals surface area (Å²) >= 11 is 6.02. The van der Waals surface area contributed by atoms with Crippen LogP contribution in [0.2, 0.25) is 5.02 Å². The van der Waals surface area contributed by atoms with Crippen molar-refractivity contribution < 1.29 is 9.59 Å². The molecule has 6 heteroatoms. The van der Waals surface area contributed by atoms with Crippen LogP contribution < -0.4 is 11.1 Å². The maximum Gasteiger partial charge on any atom is 0.265 e. The molecule has 2 rings (SSSR count). The summed E-state index contributed by atoms with van der Waals surface area (Å²) in [5.74, 6) is -0.306. The minimum atomic E-state index is -0.519. The van der Waals surface area contributed by atoms with Crippen LogP contribution in [0, 0.1) is 0 Å². The zero-order chi connectivity index (χ0) is 16.1. The Balaban J connectivity index is 2.27. The van der Waals surface area contributed by atoms with E-state index in [0.717, 1.165) is 12.8 Å². The Morgan fingerprint density at radius 1 is 1.23 bits per heavy atom. The number of hydrogen-bond acceptors (Lipinski definition) is 2. The van der Waals surface area contributed by atoms with Gasteiger partial charge in [0.1, 0.15) is 11.5 Å². The standard InChI is InChI=1S/C16H18ClN3O2/c1-2-3-10-20-13(15(18)21)8-9-14(20)19-16(22)11-6-4-5-7-12(11)17/h4-9H,2-3,10H2,1H3,(H2,18,21)(H,19,22). The summed E-state index contributed by atoms with van der Waals surface area (Å²) in [6, 6.07) is 10.1. The fraction of sp³-hybridized carbons (Fsp3) is 0.250. The molecule has 2 aromatic rings. The minimum absolute atomic E-state index is 0.322. The molecule has 0 saturated carbocycles. The average Bonchev–Trinajstić information content (AvgIpc) is 2.88. The second kappa shape index (κ2) is 7.13. The maximum absolute atomic E-state index is 12.3. The number of carbonyl (C=O) groups excluding carboxylic acids is 2. The van der Waals surface area contributed by atoms with E-state index in [9.17, 15) is 9.59 Å². The van der Waals surface area contributed by atoms with E-state index in [1.807, 2.05) is 0 Å². The highest BCUT2D eigenvalue weighted by molar-refractivity contribution is 6.34. The second-order valence-electron chi connectivity index (χ2n) is 4.91. The third-order valence-corrected chi connectivity index (χ3v) is 3.66. The van der Waals surface area contributed by atoms with E-state index in [2.05, 4.69) is 12.2 Å². The van der Waals surface area contributed by atoms with Gasteiger partial charge in [-0.3, -0.25) is 9.59 Å². The van der Waals surface area contributed by atoms with Crippen LogP contribution >= 0.6 is 11.6 Å². The Morgan fingerprint density at radius 3 is 2.59 bits per heavy atom. The highest BCUT2D eigenvalue weighted by Gasteiger charge is 2.16. The van der Waals surface area contributed by atoms with Crippen LogP contribution in [0.3, 0.4) is 0 Å². The highest BCUT2D eigenvalue weighted by Crippen LogP contribution is 2.20. The van der Waals surface area contributed by atoms with Crippen LogP contribution in [0.5, 0.6) is 0 Å². The van der Waals surface area contributed by atoms with Crippen LogP contribution in [-0.4, -0.2) is 16.4 Å². The molecule has 2 amide bonds. The van der Waals surface area contributed by atoms with Gasteiger partial charge in [0.15, 0.2) is 0 Å². The molecule has 0 aliphatic heterocycles. The number of halogens is 1. The molecule has 1 aromatic carbocycles. The Bertz CT molecular complexity index is 694. The Kier molecular flexibility index (Phi) is 5.22. The molecule has 0 saturated heterocycles. The lowest BCUT2D eigenvalue weighted by Crippen LogP contribution is -2.20. The number of benzene rings is 1. The third kappa shape index (κ3) is 3.49. The summed E-state index contributed by atoms with van der Waals surface area (Å²) in [6.07, 6.45) is 1.85. The van der Waals surface area contributed by atoms with Crippen molar-refractivity contribution in [2.45, 2.75) is 26.3 Å². The molecule has 0 radical (unpaired) electrons. The monoisotopic (exact) mass is 319 g/mol. The van der Waals surface area contributed by atoms with Crippen molar-refractivity contribution in [2.75, 3.05) is 5.32 Å². The van der Waals surface area contributed by atoms with Crippen molar-refractivity contribution >= 4 is 29.2 Å². The molecule has 22 heavy (non-hydrogen) atoms. The molecule has 5 nitrogen and oxygen atoms in total. The van der Waals surface area contributed by atoms with Gasteiger partial charge in [-0.05, 0) is 30.7 Å². The molecule has 3 N–H and O–H groups in total. The zero-order valence-corrected chi connectivity index (χ0v) is 13.1. The van der Waals surface area contributed by atoms with E-state index in [1.54, 1.807) is 41.0 Å². The Morgan fingerprint density at radius 2 is 1.95 bits per heavy atom. The SMILES string of the molecule is CCCCn1c(NC(=O)c2ccccc2Cl)ccc1C(N)=O. The molecule has 1 aromatic heterocycles. The molecule has 0 atom stereocenters. The molecule has 0 fully saturated rings. The fourth-order valence-corrected chi connectivity index (χ4v) is 2.40. The number of aromatic nitrogens is 1. The average molecular weight is 320 g/mol. The quantitative estimate of drug-likeness (QED) is 0.857. The van der Waals surface area contributed by atoms with Gasteiger partial charge in [-0.15, -0.1) is 0 Å². The summed E-state index contributed by atoms with van der Waals surface area (Å²) in [7, 11) is 0. The maximum atomic E-state index is 12.3. The van der Waals surface area contributed by atoms with Gasteiger partial charge in [-0.2, -0.15) is 0 Å². The van der Waals surface area contributed by atoms with Crippen molar-refractivity contribution in [2.24, 2.45) is 5.73 Å². The van der Waals surface area contributed by atoms with E-state index < -0.39 is 5.91 Å². The van der Waals surface area contributed by atoms with Crippen LogP contribution in [0.25, 0.3) is 0 Å². The lowest BCUT2D eigenvalue weighted by atomic mass is 10.2. The molecular weight excluding hydrogens is 302 g/mol. The minimum Gasteiger partial charge on any atom is -0.364 e. The molecular formula is C16H18ClN3O2. The summed E-state index contributed by atoms with van der Waals surface area (Å²) in [6.45, 7) is 2.66. The Hall–Kier alpha value is -2.27. The van der Waals surface area contributed by atoms with Crippen molar-refractivity contribution in [3.05, 3.63) is 52.7 Å². The molecule has 0 bridgehead atoms. The molecule has 1 heterocycles. The van der Waals surface area contributed by atoms with Crippen molar-refractivity contribution in [1.29, 1.82) is 0 Å². The molecule has 0 spiro atoms. The van der Waals surface area contributed by atoms with Crippen molar-refractivity contribution in [1.82, 2.24) is 4.57 Å². The molecule has 0 unspecified atom stereocenters. The first-order chi connectivity index (χ1) is 10.5. The zero-order valence-electron chi connectivity index (χ0n) is 12.3. The van der Waals surface area contributed by atoms with Gasteiger partial charge in [-0.25, -0.2) is 0 Å². The number of hydrogen-bond donors (Lipinski definition) is 2. The smallest absolute Gasteiger partial charge is 0.265 e. The van der Waals surface area contributed by atoms with Crippen LogP contribution in [0.1, 0.15) is 40.6 Å². The van der Waals surface area contributed by atoms with Crippen molar-refractivity contribution in [3.63, 3.8) is 0 Å². The van der Waals surface area contributed by atoms with Gasteiger partial charge in [0, 0.05) is 6.54 Å². The van der Waals surface area contributed by atoms with Gasteiger partial charge in [0.2, 0.25) is 0 Å². The van der Waals surface area contributed by atoms with E-state index in [-0.39, 0.29) is 5.91 Å². The summed E-state index contributed by atoms with van der Waals surface area (Å²) in [5, 5.41) is 3.16. The van der Waals surface area contributed by atoms with E-state index in [0.29, 0.717) is 28.6 Å². The number of amides is 2. The number of nitrogens with two attached hydrogens (primary N) is 1. The number of primary amides is 1. The number of unbranched alkanes of at least 4 members (excludes halogenated alkanes) is 1. The van der Waals surface area contributed by atoms with Gasteiger partial charge in [0.05, 0.1) is 10.6 Å². The number of rotatable bonds is 6. The topological polar surface area (TPSA) is 77.1 Å². The predicted molar refractivity (Wildman–Crippen MR) is 87.3 cm³/mol. The molecule has 116 valence electrons. The summed E-state index contributed by atoms with van der Waals surface area (Å²) < 4.78 is 1.72. The van der Waals surface area contributed by atoms with Crippen LogP contribution in [-0.2, 0) is 6.54 Å². The van der Waals surface area contributed by atoms with Crippen LogP contribution in [0.15, 0.2) is 36.4 Å². The summed E-state index contributed by atoms with van der Waals surface area (Å²) in [5.41, 5.74) is 6.13. The summed E-state index contributed by atoms with van der Waals surface area (Å²) in [4.78, 5) is 23.8. The van der Waals surface area contributed by atoms with Crippen molar-refractivity contribution in [3.8, 4) is 0 Å². The number of anilines is 1.